The fraction of sp³-hybridized carbons (Fsp3) is 0.600. The fourth-order valence-electron chi connectivity index (χ4n) is 2.32. The van der Waals surface area contributed by atoms with Crippen LogP contribution in [0.2, 0.25) is 0 Å². The van der Waals surface area contributed by atoms with Crippen molar-refractivity contribution in [2.75, 3.05) is 31.3 Å². The van der Waals surface area contributed by atoms with Crippen LogP contribution in [0.15, 0.2) is 22.7 Å². The summed E-state index contributed by atoms with van der Waals surface area (Å²) in [6.45, 7) is 7.37. The first-order valence-electron chi connectivity index (χ1n) is 7.09. The number of nitrogens with zero attached hydrogens (tertiary/aromatic N) is 1. The van der Waals surface area contributed by atoms with Gasteiger partial charge in [0.2, 0.25) is 0 Å². The van der Waals surface area contributed by atoms with E-state index in [2.05, 4.69) is 58.2 Å². The molecule has 4 nitrogen and oxygen atoms in total. The van der Waals surface area contributed by atoms with Gasteiger partial charge in [0.25, 0.3) is 0 Å². The highest BCUT2D eigenvalue weighted by atomic mass is 79.9. The van der Waals surface area contributed by atoms with Gasteiger partial charge in [0, 0.05) is 29.3 Å². The number of hydrogen-bond acceptors (Lipinski definition) is 4. The molecule has 0 aliphatic carbocycles. The number of halogens is 1. The van der Waals surface area contributed by atoms with Crippen LogP contribution in [0.4, 0.5) is 5.69 Å². The van der Waals surface area contributed by atoms with Crippen LogP contribution < -0.4 is 10.2 Å². The molecule has 0 amide bonds. The minimum Gasteiger partial charge on any atom is -0.394 e. The van der Waals surface area contributed by atoms with Gasteiger partial charge in [-0.1, -0.05) is 35.8 Å². The van der Waals surface area contributed by atoms with Crippen molar-refractivity contribution in [3.63, 3.8) is 0 Å². The van der Waals surface area contributed by atoms with Gasteiger partial charge in [-0.3, -0.25) is 0 Å². The Bertz CT molecular complexity index is 440. The molecule has 0 spiro atoms. The summed E-state index contributed by atoms with van der Waals surface area (Å²) in [4.78, 5) is 2.22. The minimum atomic E-state index is 0.0512. The van der Waals surface area contributed by atoms with Crippen molar-refractivity contribution in [2.24, 2.45) is 0 Å². The predicted octanol–water partition coefficient (Wildman–Crippen LogP) is 2.14. The van der Waals surface area contributed by atoms with Gasteiger partial charge in [-0.05, 0) is 17.7 Å². The quantitative estimate of drug-likeness (QED) is 0.860. The van der Waals surface area contributed by atoms with Crippen molar-refractivity contribution in [1.29, 1.82) is 0 Å². The minimum absolute atomic E-state index is 0.0512. The smallest absolute Gasteiger partial charge is 0.0755 e. The third-order valence-electron chi connectivity index (χ3n) is 3.51. The van der Waals surface area contributed by atoms with Crippen LogP contribution in [0.5, 0.6) is 0 Å². The average molecular weight is 343 g/mol. The lowest BCUT2D eigenvalue weighted by atomic mass is 10.1. The molecular formula is C15H23BrN2O2. The molecule has 1 atom stereocenters. The van der Waals surface area contributed by atoms with E-state index >= 15 is 0 Å². The highest BCUT2D eigenvalue weighted by Gasteiger charge is 2.22. The molecule has 5 heteroatoms. The lowest BCUT2D eigenvalue weighted by Gasteiger charge is -2.36. The van der Waals surface area contributed by atoms with Crippen molar-refractivity contribution in [3.8, 4) is 0 Å². The molecule has 0 saturated carbocycles. The monoisotopic (exact) mass is 342 g/mol. The number of ether oxygens (including phenoxy) is 1. The Morgan fingerprint density at radius 3 is 2.95 bits per heavy atom. The second kappa shape index (κ2) is 7.41. The first-order chi connectivity index (χ1) is 9.61. The Labute approximate surface area is 129 Å². The highest BCUT2D eigenvalue weighted by Crippen LogP contribution is 2.26. The van der Waals surface area contributed by atoms with E-state index in [9.17, 15) is 5.11 Å². The van der Waals surface area contributed by atoms with Gasteiger partial charge in [-0.15, -0.1) is 0 Å². The molecule has 0 aromatic heterocycles. The molecule has 1 saturated heterocycles. The van der Waals surface area contributed by atoms with Gasteiger partial charge in [0.15, 0.2) is 0 Å². The van der Waals surface area contributed by atoms with E-state index < -0.39 is 0 Å². The topological polar surface area (TPSA) is 44.7 Å². The van der Waals surface area contributed by atoms with Gasteiger partial charge in [0.05, 0.1) is 25.9 Å². The predicted molar refractivity (Wildman–Crippen MR) is 85.2 cm³/mol. The number of nitrogens with one attached hydrogen (secondary N) is 1. The maximum absolute atomic E-state index is 9.45. The lowest BCUT2D eigenvalue weighted by molar-refractivity contribution is 0.0727. The summed E-state index contributed by atoms with van der Waals surface area (Å²) in [6.07, 6.45) is 0. The van der Waals surface area contributed by atoms with Gasteiger partial charge in [0.1, 0.15) is 0 Å². The zero-order valence-electron chi connectivity index (χ0n) is 12.1. The molecular weight excluding hydrogens is 320 g/mol. The summed E-state index contributed by atoms with van der Waals surface area (Å²) in [5, 5.41) is 12.9. The molecule has 0 radical (unpaired) electrons. The van der Waals surface area contributed by atoms with E-state index in [0.717, 1.165) is 23.2 Å². The van der Waals surface area contributed by atoms with E-state index in [4.69, 9.17) is 4.74 Å². The van der Waals surface area contributed by atoms with Crippen LogP contribution in [0.3, 0.4) is 0 Å². The molecule has 1 aliphatic rings. The maximum atomic E-state index is 9.45. The van der Waals surface area contributed by atoms with Crippen LogP contribution in [0, 0.1) is 0 Å². The van der Waals surface area contributed by atoms with Crippen molar-refractivity contribution in [1.82, 2.24) is 5.32 Å². The van der Waals surface area contributed by atoms with Crippen LogP contribution in [-0.2, 0) is 11.3 Å². The maximum Gasteiger partial charge on any atom is 0.0755 e. The standard InChI is InChI=1S/C15H23BrN2O2/c1-11(2)17-8-12-3-4-13(7-15(12)16)18-5-6-20-10-14(18)9-19/h3-4,7,11,14,17,19H,5-6,8-10H2,1-2H3. The molecule has 1 fully saturated rings. The zero-order chi connectivity index (χ0) is 14.5. The number of aliphatic hydroxyl groups excluding tert-OH is 1. The largest absolute Gasteiger partial charge is 0.394 e. The summed E-state index contributed by atoms with van der Waals surface area (Å²) in [6, 6.07) is 6.91. The molecule has 2 rings (SSSR count). The molecule has 1 aromatic carbocycles. The zero-order valence-corrected chi connectivity index (χ0v) is 13.7. The Balaban J connectivity index is 2.11. The normalized spacial score (nSPS) is 19.6. The van der Waals surface area contributed by atoms with Crippen molar-refractivity contribution < 1.29 is 9.84 Å². The number of hydrogen-bond donors (Lipinski definition) is 2. The molecule has 1 heterocycles. The van der Waals surface area contributed by atoms with E-state index in [1.54, 1.807) is 0 Å². The van der Waals surface area contributed by atoms with Gasteiger partial charge in [-0.2, -0.15) is 0 Å². The first kappa shape index (κ1) is 15.8. The Morgan fingerprint density at radius 1 is 1.50 bits per heavy atom. The van der Waals surface area contributed by atoms with E-state index in [1.807, 2.05) is 0 Å². The SMILES string of the molecule is CC(C)NCc1ccc(N2CCOCC2CO)cc1Br. The molecule has 112 valence electrons. The highest BCUT2D eigenvalue weighted by molar-refractivity contribution is 9.10. The third kappa shape index (κ3) is 3.95. The molecule has 1 unspecified atom stereocenters. The number of anilines is 1. The summed E-state index contributed by atoms with van der Waals surface area (Å²) >= 11 is 3.65. The second-order valence-electron chi connectivity index (χ2n) is 5.42. The van der Waals surface area contributed by atoms with Crippen LogP contribution in [0.25, 0.3) is 0 Å². The van der Waals surface area contributed by atoms with Crippen LogP contribution >= 0.6 is 15.9 Å². The number of rotatable bonds is 5. The molecule has 0 bridgehead atoms. The summed E-state index contributed by atoms with van der Waals surface area (Å²) in [5.41, 5.74) is 2.38. The van der Waals surface area contributed by atoms with Crippen LogP contribution in [0.1, 0.15) is 19.4 Å². The second-order valence-corrected chi connectivity index (χ2v) is 6.27. The molecule has 1 aromatic rings. The average Bonchev–Trinajstić information content (AvgIpc) is 2.45. The lowest BCUT2D eigenvalue weighted by Crippen LogP contribution is -2.47. The number of benzene rings is 1. The van der Waals surface area contributed by atoms with Gasteiger partial charge < -0.3 is 20.1 Å². The van der Waals surface area contributed by atoms with Crippen molar-refractivity contribution in [2.45, 2.75) is 32.5 Å². The number of aliphatic hydroxyl groups is 1. The summed E-state index contributed by atoms with van der Waals surface area (Å²) < 4.78 is 6.52. The summed E-state index contributed by atoms with van der Waals surface area (Å²) in [7, 11) is 0. The van der Waals surface area contributed by atoms with E-state index in [0.29, 0.717) is 19.3 Å². The van der Waals surface area contributed by atoms with E-state index in [-0.39, 0.29) is 12.6 Å². The van der Waals surface area contributed by atoms with E-state index in [1.165, 1.54) is 5.56 Å². The Hall–Kier alpha value is -0.620. The van der Waals surface area contributed by atoms with Crippen LogP contribution in [-0.4, -0.2) is 43.6 Å². The van der Waals surface area contributed by atoms with Gasteiger partial charge >= 0.3 is 0 Å². The molecule has 20 heavy (non-hydrogen) atoms. The number of morpholine rings is 1. The fourth-order valence-corrected chi connectivity index (χ4v) is 2.83. The van der Waals surface area contributed by atoms with Gasteiger partial charge in [-0.25, -0.2) is 0 Å². The van der Waals surface area contributed by atoms with Crippen molar-refractivity contribution in [3.05, 3.63) is 28.2 Å². The molecule has 2 N–H and O–H groups in total. The summed E-state index contributed by atoms with van der Waals surface area (Å²) in [5.74, 6) is 0. The Morgan fingerprint density at radius 2 is 2.30 bits per heavy atom. The van der Waals surface area contributed by atoms with Crippen molar-refractivity contribution >= 4 is 21.6 Å². The Kier molecular flexibility index (Phi) is 5.84. The first-order valence-corrected chi connectivity index (χ1v) is 7.88. The molecule has 1 aliphatic heterocycles. The third-order valence-corrected chi connectivity index (χ3v) is 4.25.